The van der Waals surface area contributed by atoms with Crippen molar-refractivity contribution in [2.75, 3.05) is 26.4 Å². The molecule has 0 N–H and O–H groups in total. The van der Waals surface area contributed by atoms with Gasteiger partial charge in [-0.05, 0) is 12.8 Å². The molecule has 7 heteroatoms. The molecule has 0 aromatic carbocycles. The van der Waals surface area contributed by atoms with Crippen LogP contribution in [0, 0.1) is 11.8 Å². The van der Waals surface area contributed by atoms with Crippen LogP contribution in [0.15, 0.2) is 0 Å². The van der Waals surface area contributed by atoms with Crippen LogP contribution in [0.5, 0.6) is 0 Å². The van der Waals surface area contributed by atoms with E-state index in [0.29, 0.717) is 13.2 Å². The molecule has 4 unspecified atom stereocenters. The van der Waals surface area contributed by atoms with Crippen LogP contribution in [0.3, 0.4) is 0 Å². The number of cyclic esters (lactones) is 4. The molecule has 0 bridgehead atoms. The summed E-state index contributed by atoms with van der Waals surface area (Å²) in [7, 11) is 0. The Morgan fingerprint density at radius 1 is 0.905 bits per heavy atom. The van der Waals surface area contributed by atoms with Crippen molar-refractivity contribution in [2.24, 2.45) is 11.8 Å². The maximum Gasteiger partial charge on any atom is 0.508 e. The molecule has 7 nitrogen and oxygen atoms in total. The second kappa shape index (κ2) is 7.49. The van der Waals surface area contributed by atoms with Crippen LogP contribution in [-0.2, 0) is 23.7 Å². The summed E-state index contributed by atoms with van der Waals surface area (Å²) in [6.45, 7) is 5.28. The zero-order chi connectivity index (χ0) is 15.2. The molecule has 2 aliphatic rings. The van der Waals surface area contributed by atoms with Crippen molar-refractivity contribution >= 4 is 12.3 Å². The number of rotatable bonds is 6. The van der Waals surface area contributed by atoms with Gasteiger partial charge in [0.05, 0.1) is 13.2 Å². The Kier molecular flexibility index (Phi) is 5.67. The van der Waals surface area contributed by atoms with Gasteiger partial charge in [-0.1, -0.05) is 13.8 Å². The predicted molar refractivity (Wildman–Crippen MR) is 70.8 cm³/mol. The minimum atomic E-state index is -0.655. The van der Waals surface area contributed by atoms with Crippen molar-refractivity contribution < 1.29 is 33.3 Å². The average Bonchev–Trinajstić information content (AvgIpc) is 2.48. The topological polar surface area (TPSA) is 80.3 Å². The molecular weight excluding hydrogens is 280 g/mol. The Balaban J connectivity index is 1.79. The van der Waals surface area contributed by atoms with Gasteiger partial charge < -0.3 is 23.7 Å². The average molecular weight is 302 g/mol. The molecule has 0 aliphatic carbocycles. The van der Waals surface area contributed by atoms with Crippen LogP contribution in [0.25, 0.3) is 0 Å². The van der Waals surface area contributed by atoms with Gasteiger partial charge in [0.2, 0.25) is 0 Å². The molecule has 0 aromatic rings. The van der Waals surface area contributed by atoms with Crippen LogP contribution >= 0.6 is 0 Å². The first kappa shape index (κ1) is 15.9. The van der Waals surface area contributed by atoms with Gasteiger partial charge in [-0.3, -0.25) is 0 Å². The Morgan fingerprint density at radius 3 is 1.71 bits per heavy atom. The first-order valence-corrected chi connectivity index (χ1v) is 7.38. The molecule has 0 radical (unpaired) electrons. The molecule has 0 aromatic heterocycles. The fourth-order valence-electron chi connectivity index (χ4n) is 2.47. The Hall–Kier alpha value is -1.50. The lowest BCUT2D eigenvalue weighted by Crippen LogP contribution is -2.42. The molecule has 2 aliphatic heterocycles. The minimum Gasteiger partial charge on any atom is -0.434 e. The van der Waals surface area contributed by atoms with E-state index < -0.39 is 12.3 Å². The van der Waals surface area contributed by atoms with E-state index in [0.717, 1.165) is 12.8 Å². The molecule has 4 atom stereocenters. The maximum atomic E-state index is 11.2. The second-order valence-corrected chi connectivity index (χ2v) is 5.31. The first-order valence-electron chi connectivity index (χ1n) is 7.38. The zero-order valence-corrected chi connectivity index (χ0v) is 12.4. The molecule has 0 saturated carbocycles. The van der Waals surface area contributed by atoms with Crippen LogP contribution in [0.4, 0.5) is 9.59 Å². The third kappa shape index (κ3) is 4.23. The van der Waals surface area contributed by atoms with Crippen LogP contribution in [-0.4, -0.2) is 50.9 Å². The third-order valence-electron chi connectivity index (χ3n) is 3.99. The lowest BCUT2D eigenvalue weighted by Gasteiger charge is -2.32. The summed E-state index contributed by atoms with van der Waals surface area (Å²) in [6, 6.07) is 0. The SMILES string of the molecule is CCC1COC(=O)OC1COCC1OC(=O)OCC1CC. The Bertz CT molecular complexity index is 336. The van der Waals surface area contributed by atoms with Crippen molar-refractivity contribution in [3.05, 3.63) is 0 Å². The molecule has 0 amide bonds. The van der Waals surface area contributed by atoms with E-state index in [2.05, 4.69) is 0 Å². The molecule has 2 rings (SSSR count). The van der Waals surface area contributed by atoms with Crippen molar-refractivity contribution in [1.82, 2.24) is 0 Å². The van der Waals surface area contributed by atoms with Gasteiger partial charge in [0.1, 0.15) is 25.4 Å². The van der Waals surface area contributed by atoms with Crippen molar-refractivity contribution in [1.29, 1.82) is 0 Å². The fraction of sp³-hybridized carbons (Fsp3) is 0.857. The van der Waals surface area contributed by atoms with E-state index in [-0.39, 0.29) is 37.3 Å². The lowest BCUT2D eigenvalue weighted by atomic mass is 9.99. The van der Waals surface area contributed by atoms with E-state index in [4.69, 9.17) is 23.7 Å². The predicted octanol–water partition coefficient (Wildman–Crippen LogP) is 2.13. The van der Waals surface area contributed by atoms with Crippen LogP contribution in [0.2, 0.25) is 0 Å². The number of carbonyl (C=O) groups excluding carboxylic acids is 2. The fourth-order valence-corrected chi connectivity index (χ4v) is 2.47. The van der Waals surface area contributed by atoms with Gasteiger partial charge in [0.15, 0.2) is 0 Å². The summed E-state index contributed by atoms with van der Waals surface area (Å²) >= 11 is 0. The Labute approximate surface area is 123 Å². The highest BCUT2D eigenvalue weighted by Gasteiger charge is 2.34. The molecule has 2 saturated heterocycles. The lowest BCUT2D eigenvalue weighted by molar-refractivity contribution is -0.117. The number of hydrogen-bond donors (Lipinski definition) is 0. The van der Waals surface area contributed by atoms with Gasteiger partial charge in [0, 0.05) is 11.8 Å². The first-order chi connectivity index (χ1) is 10.1. The van der Waals surface area contributed by atoms with Crippen molar-refractivity contribution in [2.45, 2.75) is 38.9 Å². The normalized spacial score (nSPS) is 32.7. The molecular formula is C14H22O7. The molecule has 21 heavy (non-hydrogen) atoms. The quantitative estimate of drug-likeness (QED) is 0.695. The van der Waals surface area contributed by atoms with Crippen LogP contribution in [0.1, 0.15) is 26.7 Å². The summed E-state index contributed by atoms with van der Waals surface area (Å²) in [5.41, 5.74) is 0. The van der Waals surface area contributed by atoms with E-state index >= 15 is 0 Å². The molecule has 120 valence electrons. The molecule has 2 fully saturated rings. The monoisotopic (exact) mass is 302 g/mol. The number of carbonyl (C=O) groups is 2. The smallest absolute Gasteiger partial charge is 0.434 e. The molecule has 0 spiro atoms. The zero-order valence-electron chi connectivity index (χ0n) is 12.4. The Morgan fingerprint density at radius 2 is 1.33 bits per heavy atom. The summed E-state index contributed by atoms with van der Waals surface area (Å²) in [5, 5.41) is 0. The highest BCUT2D eigenvalue weighted by Crippen LogP contribution is 2.22. The van der Waals surface area contributed by atoms with Gasteiger partial charge in [-0.25, -0.2) is 9.59 Å². The van der Waals surface area contributed by atoms with Crippen molar-refractivity contribution in [3.8, 4) is 0 Å². The van der Waals surface area contributed by atoms with Crippen molar-refractivity contribution in [3.63, 3.8) is 0 Å². The van der Waals surface area contributed by atoms with Crippen LogP contribution < -0.4 is 0 Å². The van der Waals surface area contributed by atoms with E-state index in [1.165, 1.54) is 0 Å². The second-order valence-electron chi connectivity index (χ2n) is 5.31. The number of hydrogen-bond acceptors (Lipinski definition) is 7. The van der Waals surface area contributed by atoms with E-state index in [9.17, 15) is 9.59 Å². The number of ether oxygens (including phenoxy) is 5. The summed E-state index contributed by atoms with van der Waals surface area (Å²) in [4.78, 5) is 22.3. The summed E-state index contributed by atoms with van der Waals surface area (Å²) in [5.74, 6) is 0.254. The largest absolute Gasteiger partial charge is 0.508 e. The minimum absolute atomic E-state index is 0.127. The van der Waals surface area contributed by atoms with E-state index in [1.54, 1.807) is 0 Å². The van der Waals surface area contributed by atoms with E-state index in [1.807, 2.05) is 13.8 Å². The third-order valence-corrected chi connectivity index (χ3v) is 3.99. The summed E-state index contributed by atoms with van der Waals surface area (Å²) in [6.07, 6.45) is -0.260. The van der Waals surface area contributed by atoms with Gasteiger partial charge >= 0.3 is 12.3 Å². The van der Waals surface area contributed by atoms with Gasteiger partial charge in [-0.2, -0.15) is 0 Å². The van der Waals surface area contributed by atoms with Gasteiger partial charge in [-0.15, -0.1) is 0 Å². The summed E-state index contributed by atoms with van der Waals surface area (Å²) < 4.78 is 25.6. The molecule has 2 heterocycles. The maximum absolute atomic E-state index is 11.2. The highest BCUT2D eigenvalue weighted by atomic mass is 16.7. The van der Waals surface area contributed by atoms with Gasteiger partial charge in [0.25, 0.3) is 0 Å². The highest BCUT2D eigenvalue weighted by molar-refractivity contribution is 5.61. The standard InChI is InChI=1S/C14H22O7/c1-3-9-5-18-13(15)20-11(9)7-17-8-12-10(4-2)6-19-14(16)21-12/h9-12H,3-8H2,1-2H3.